The molecule has 0 aliphatic rings. The second-order valence-corrected chi connectivity index (χ2v) is 5.82. The van der Waals surface area contributed by atoms with Gasteiger partial charge in [0, 0.05) is 17.5 Å². The number of hydrogen-bond donors (Lipinski definition) is 1. The summed E-state index contributed by atoms with van der Waals surface area (Å²) in [5.74, 6) is 0.876. The molecule has 0 saturated carbocycles. The van der Waals surface area contributed by atoms with Crippen molar-refractivity contribution in [1.82, 2.24) is 14.9 Å². The van der Waals surface area contributed by atoms with Gasteiger partial charge in [0.05, 0.1) is 4.88 Å². The van der Waals surface area contributed by atoms with Gasteiger partial charge in [-0.2, -0.15) is 0 Å². The van der Waals surface area contributed by atoms with Crippen LogP contribution in [0.25, 0.3) is 22.4 Å². The SMILES string of the molecule is CCCNCc1snnc1-c1oc2ccccc2c1CC. The molecule has 0 spiro atoms. The van der Waals surface area contributed by atoms with Gasteiger partial charge < -0.3 is 9.73 Å². The zero-order chi connectivity index (χ0) is 14.7. The highest BCUT2D eigenvalue weighted by Gasteiger charge is 2.20. The lowest BCUT2D eigenvalue weighted by Gasteiger charge is -2.02. The zero-order valence-electron chi connectivity index (χ0n) is 12.3. The van der Waals surface area contributed by atoms with Crippen LogP contribution in [0.1, 0.15) is 30.7 Å². The predicted molar refractivity (Wildman–Crippen MR) is 86.5 cm³/mol. The topological polar surface area (TPSA) is 51.0 Å². The van der Waals surface area contributed by atoms with Gasteiger partial charge in [0.2, 0.25) is 0 Å². The summed E-state index contributed by atoms with van der Waals surface area (Å²) in [6, 6.07) is 8.16. The molecule has 1 N–H and O–H groups in total. The number of benzene rings is 1. The Labute approximate surface area is 128 Å². The van der Waals surface area contributed by atoms with Crippen LogP contribution in [0.15, 0.2) is 28.7 Å². The fourth-order valence-corrected chi connectivity index (χ4v) is 3.12. The first kappa shape index (κ1) is 14.2. The van der Waals surface area contributed by atoms with Gasteiger partial charge in [0.15, 0.2) is 5.76 Å². The molecule has 0 radical (unpaired) electrons. The lowest BCUT2D eigenvalue weighted by Crippen LogP contribution is -2.13. The van der Waals surface area contributed by atoms with Crippen LogP contribution in [-0.4, -0.2) is 16.1 Å². The number of fused-ring (bicyclic) bond motifs is 1. The van der Waals surface area contributed by atoms with Gasteiger partial charge in [0.25, 0.3) is 0 Å². The quantitative estimate of drug-likeness (QED) is 0.699. The first-order chi connectivity index (χ1) is 10.3. The summed E-state index contributed by atoms with van der Waals surface area (Å²) < 4.78 is 10.2. The van der Waals surface area contributed by atoms with Gasteiger partial charge in [-0.3, -0.25) is 0 Å². The molecule has 5 heteroatoms. The number of aryl methyl sites for hydroxylation is 1. The molecule has 0 saturated heterocycles. The van der Waals surface area contributed by atoms with Crippen LogP contribution in [0.4, 0.5) is 0 Å². The molecule has 2 aromatic heterocycles. The van der Waals surface area contributed by atoms with Crippen molar-refractivity contribution in [1.29, 1.82) is 0 Å². The molecule has 0 fully saturated rings. The van der Waals surface area contributed by atoms with Crippen molar-refractivity contribution in [2.45, 2.75) is 33.2 Å². The van der Waals surface area contributed by atoms with E-state index in [0.717, 1.165) is 47.8 Å². The van der Waals surface area contributed by atoms with E-state index in [4.69, 9.17) is 4.42 Å². The van der Waals surface area contributed by atoms with Crippen molar-refractivity contribution in [2.24, 2.45) is 0 Å². The van der Waals surface area contributed by atoms with E-state index in [0.29, 0.717) is 0 Å². The number of hydrogen-bond acceptors (Lipinski definition) is 5. The minimum Gasteiger partial charge on any atom is -0.454 e. The van der Waals surface area contributed by atoms with E-state index in [1.54, 1.807) is 0 Å². The van der Waals surface area contributed by atoms with Crippen molar-refractivity contribution in [3.05, 3.63) is 34.7 Å². The van der Waals surface area contributed by atoms with E-state index in [2.05, 4.69) is 34.8 Å². The molecular weight excluding hydrogens is 282 g/mol. The average Bonchev–Trinajstić information content (AvgIpc) is 3.10. The molecule has 0 amide bonds. The number of nitrogens with one attached hydrogen (secondary N) is 1. The van der Waals surface area contributed by atoms with E-state index < -0.39 is 0 Å². The van der Waals surface area contributed by atoms with Crippen molar-refractivity contribution in [3.8, 4) is 11.5 Å². The van der Waals surface area contributed by atoms with Crippen LogP contribution in [0.3, 0.4) is 0 Å². The van der Waals surface area contributed by atoms with Gasteiger partial charge in [-0.05, 0) is 37.0 Å². The van der Waals surface area contributed by atoms with Crippen LogP contribution >= 0.6 is 11.5 Å². The molecular formula is C16H19N3OS. The highest BCUT2D eigenvalue weighted by Crippen LogP contribution is 2.35. The van der Waals surface area contributed by atoms with E-state index in [-0.39, 0.29) is 0 Å². The van der Waals surface area contributed by atoms with E-state index in [1.165, 1.54) is 22.5 Å². The molecule has 1 aromatic carbocycles. The molecule has 0 unspecified atom stereocenters. The van der Waals surface area contributed by atoms with Crippen molar-refractivity contribution in [2.75, 3.05) is 6.54 Å². The van der Waals surface area contributed by atoms with Gasteiger partial charge in [-0.25, -0.2) is 0 Å². The Kier molecular flexibility index (Phi) is 4.31. The van der Waals surface area contributed by atoms with E-state index in [1.807, 2.05) is 18.2 Å². The molecule has 21 heavy (non-hydrogen) atoms. The van der Waals surface area contributed by atoms with E-state index in [9.17, 15) is 0 Å². The van der Waals surface area contributed by atoms with Gasteiger partial charge in [-0.1, -0.05) is 36.5 Å². The van der Waals surface area contributed by atoms with Crippen molar-refractivity contribution in [3.63, 3.8) is 0 Å². The first-order valence-electron chi connectivity index (χ1n) is 7.37. The Morgan fingerprint density at radius 3 is 2.90 bits per heavy atom. The molecule has 0 aliphatic carbocycles. The van der Waals surface area contributed by atoms with Gasteiger partial charge in [0.1, 0.15) is 11.3 Å². The Balaban J connectivity index is 2.02. The summed E-state index contributed by atoms with van der Waals surface area (Å²) >= 11 is 1.44. The minimum absolute atomic E-state index is 0.793. The maximum Gasteiger partial charge on any atom is 0.160 e. The highest BCUT2D eigenvalue weighted by molar-refractivity contribution is 7.05. The number of rotatable bonds is 6. The molecule has 3 rings (SSSR count). The van der Waals surface area contributed by atoms with E-state index >= 15 is 0 Å². The average molecular weight is 301 g/mol. The number of nitrogens with zero attached hydrogens (tertiary/aromatic N) is 2. The Morgan fingerprint density at radius 2 is 2.10 bits per heavy atom. The monoisotopic (exact) mass is 301 g/mol. The fraction of sp³-hybridized carbons (Fsp3) is 0.375. The first-order valence-corrected chi connectivity index (χ1v) is 8.15. The second kappa shape index (κ2) is 6.37. The molecule has 4 nitrogen and oxygen atoms in total. The smallest absolute Gasteiger partial charge is 0.160 e. The lowest BCUT2D eigenvalue weighted by molar-refractivity contribution is 0.620. The molecule has 0 atom stereocenters. The van der Waals surface area contributed by atoms with Crippen molar-refractivity contribution < 1.29 is 4.42 Å². The number of furan rings is 1. The maximum absolute atomic E-state index is 6.06. The number of para-hydroxylation sites is 1. The van der Waals surface area contributed by atoms with Crippen LogP contribution in [0.2, 0.25) is 0 Å². The highest BCUT2D eigenvalue weighted by atomic mass is 32.1. The van der Waals surface area contributed by atoms with Crippen LogP contribution < -0.4 is 5.32 Å². The Morgan fingerprint density at radius 1 is 1.24 bits per heavy atom. The molecule has 2 heterocycles. The summed E-state index contributed by atoms with van der Waals surface area (Å²) in [5.41, 5.74) is 3.02. The Bertz CT molecular complexity index is 732. The van der Waals surface area contributed by atoms with Gasteiger partial charge >= 0.3 is 0 Å². The number of aromatic nitrogens is 2. The molecule has 3 aromatic rings. The summed E-state index contributed by atoms with van der Waals surface area (Å²) in [5, 5.41) is 8.89. The summed E-state index contributed by atoms with van der Waals surface area (Å²) in [6.45, 7) is 6.10. The van der Waals surface area contributed by atoms with Crippen molar-refractivity contribution >= 4 is 22.5 Å². The maximum atomic E-state index is 6.06. The predicted octanol–water partition coefficient (Wildman–Crippen LogP) is 4.01. The third kappa shape index (κ3) is 2.71. The summed E-state index contributed by atoms with van der Waals surface area (Å²) in [4.78, 5) is 1.14. The Hall–Kier alpha value is -1.72. The minimum atomic E-state index is 0.793. The molecule has 0 aliphatic heterocycles. The van der Waals surface area contributed by atoms with Gasteiger partial charge in [-0.15, -0.1) is 5.10 Å². The normalized spacial score (nSPS) is 11.3. The zero-order valence-corrected chi connectivity index (χ0v) is 13.2. The largest absolute Gasteiger partial charge is 0.454 e. The van der Waals surface area contributed by atoms with Crippen LogP contribution in [-0.2, 0) is 13.0 Å². The third-order valence-corrected chi connectivity index (χ3v) is 4.26. The fourth-order valence-electron chi connectivity index (χ4n) is 2.52. The standard InChI is InChI=1S/C16H19N3OS/c1-3-9-17-10-14-15(18-19-21-14)16-11(4-2)12-7-5-6-8-13(12)20-16/h5-8,17H,3-4,9-10H2,1-2H3. The molecule has 110 valence electrons. The van der Waals surface area contributed by atoms with Crippen LogP contribution in [0, 0.1) is 0 Å². The summed E-state index contributed by atoms with van der Waals surface area (Å²) in [6.07, 6.45) is 2.04. The molecule has 0 bridgehead atoms. The second-order valence-electron chi connectivity index (χ2n) is 4.98. The third-order valence-electron chi connectivity index (χ3n) is 3.54. The lowest BCUT2D eigenvalue weighted by atomic mass is 10.1. The summed E-state index contributed by atoms with van der Waals surface area (Å²) in [7, 11) is 0. The van der Waals surface area contributed by atoms with Crippen LogP contribution in [0.5, 0.6) is 0 Å².